The maximum absolute atomic E-state index is 2.68. The second-order valence-electron chi connectivity index (χ2n) is 3.46. The number of hydrogen-bond donors (Lipinski definition) is 0. The number of hydrogen-bond acceptors (Lipinski definition) is 1. The Kier molecular flexibility index (Phi) is 1.26. The molecule has 1 heterocycles. The summed E-state index contributed by atoms with van der Waals surface area (Å²) in [5.41, 5.74) is 0. The number of nitrogens with zero attached hydrogens (tertiary/aromatic N) is 1. The molecule has 0 aromatic rings. The van der Waals surface area contributed by atoms with Crippen LogP contribution in [0.5, 0.6) is 0 Å². The minimum absolute atomic E-state index is 0.900. The average molecular weight is 125 g/mol. The molecule has 1 saturated carbocycles. The first-order valence-electron chi connectivity index (χ1n) is 4.13. The van der Waals surface area contributed by atoms with E-state index in [0.29, 0.717) is 0 Å². The van der Waals surface area contributed by atoms with Gasteiger partial charge in [0, 0.05) is 12.1 Å². The fourth-order valence-electron chi connectivity index (χ4n) is 1.90. The van der Waals surface area contributed by atoms with Crippen molar-refractivity contribution in [1.29, 1.82) is 0 Å². The van der Waals surface area contributed by atoms with Crippen LogP contribution in [0.25, 0.3) is 0 Å². The molecule has 1 atom stereocenters. The Morgan fingerprint density at radius 1 is 1.22 bits per heavy atom. The average Bonchev–Trinajstić information content (AvgIpc) is 2.58. The zero-order chi connectivity index (χ0) is 6.27. The van der Waals surface area contributed by atoms with Gasteiger partial charge >= 0.3 is 0 Å². The first-order chi connectivity index (χ1) is 4.38. The fourth-order valence-corrected chi connectivity index (χ4v) is 1.90. The predicted octanol–water partition coefficient (Wildman–Crippen LogP) is 1.63. The SMILES string of the molecule is C[C@H]1CCCN1C1CC1. The molecule has 0 amide bonds. The Morgan fingerprint density at radius 3 is 2.44 bits per heavy atom. The van der Waals surface area contributed by atoms with Crippen LogP contribution in [0, 0.1) is 0 Å². The minimum Gasteiger partial charge on any atom is -0.298 e. The molecule has 0 N–H and O–H groups in total. The molecule has 2 aliphatic rings. The predicted molar refractivity (Wildman–Crippen MR) is 38.4 cm³/mol. The highest BCUT2D eigenvalue weighted by Crippen LogP contribution is 2.32. The molecule has 52 valence electrons. The van der Waals surface area contributed by atoms with Crippen LogP contribution in [0.1, 0.15) is 32.6 Å². The number of likely N-dealkylation sites (tertiary alicyclic amines) is 1. The second-order valence-corrected chi connectivity index (χ2v) is 3.46. The van der Waals surface area contributed by atoms with Crippen LogP contribution < -0.4 is 0 Å². The van der Waals surface area contributed by atoms with Crippen LogP contribution >= 0.6 is 0 Å². The largest absolute Gasteiger partial charge is 0.298 e. The first kappa shape index (κ1) is 5.72. The standard InChI is InChI=1S/C8H15N/c1-7-3-2-6-9(7)8-4-5-8/h7-8H,2-6H2,1H3/t7-/m0/s1. The topological polar surface area (TPSA) is 3.24 Å². The monoisotopic (exact) mass is 125 g/mol. The number of rotatable bonds is 1. The van der Waals surface area contributed by atoms with Crippen LogP contribution in [-0.4, -0.2) is 23.5 Å². The molecule has 2 rings (SSSR count). The van der Waals surface area contributed by atoms with Gasteiger partial charge in [0.05, 0.1) is 0 Å². The van der Waals surface area contributed by atoms with Crippen molar-refractivity contribution in [2.75, 3.05) is 6.54 Å². The van der Waals surface area contributed by atoms with Crippen molar-refractivity contribution >= 4 is 0 Å². The third kappa shape index (κ3) is 0.983. The Bertz CT molecular complexity index is 107. The Morgan fingerprint density at radius 2 is 2.00 bits per heavy atom. The van der Waals surface area contributed by atoms with Crippen molar-refractivity contribution in [3.05, 3.63) is 0 Å². The molecular formula is C8H15N. The lowest BCUT2D eigenvalue weighted by Crippen LogP contribution is -2.28. The van der Waals surface area contributed by atoms with E-state index < -0.39 is 0 Å². The van der Waals surface area contributed by atoms with E-state index in [9.17, 15) is 0 Å². The second kappa shape index (κ2) is 1.98. The molecule has 1 saturated heterocycles. The summed E-state index contributed by atoms with van der Waals surface area (Å²) in [5.74, 6) is 0. The smallest absolute Gasteiger partial charge is 0.00992 e. The van der Waals surface area contributed by atoms with E-state index in [1.165, 1.54) is 32.2 Å². The van der Waals surface area contributed by atoms with Crippen molar-refractivity contribution < 1.29 is 0 Å². The van der Waals surface area contributed by atoms with Crippen LogP contribution in [0.4, 0.5) is 0 Å². The lowest BCUT2D eigenvalue weighted by Gasteiger charge is -2.19. The van der Waals surface area contributed by atoms with E-state index in [0.717, 1.165) is 12.1 Å². The van der Waals surface area contributed by atoms with E-state index in [1.807, 2.05) is 0 Å². The highest BCUT2D eigenvalue weighted by Gasteiger charge is 2.34. The van der Waals surface area contributed by atoms with E-state index in [1.54, 1.807) is 0 Å². The summed E-state index contributed by atoms with van der Waals surface area (Å²) in [7, 11) is 0. The third-order valence-corrected chi connectivity index (χ3v) is 2.62. The Hall–Kier alpha value is -0.0400. The van der Waals surface area contributed by atoms with Gasteiger partial charge < -0.3 is 0 Å². The van der Waals surface area contributed by atoms with Gasteiger partial charge in [-0.05, 0) is 39.2 Å². The summed E-state index contributed by atoms with van der Waals surface area (Å²) in [5, 5.41) is 0. The highest BCUT2D eigenvalue weighted by atomic mass is 15.2. The molecule has 1 aliphatic carbocycles. The fraction of sp³-hybridized carbons (Fsp3) is 1.00. The Balaban J connectivity index is 1.93. The molecule has 0 aromatic heterocycles. The summed E-state index contributed by atoms with van der Waals surface area (Å²) in [6.45, 7) is 3.75. The zero-order valence-electron chi connectivity index (χ0n) is 6.14. The summed E-state index contributed by atoms with van der Waals surface area (Å²) < 4.78 is 0. The van der Waals surface area contributed by atoms with E-state index in [4.69, 9.17) is 0 Å². The van der Waals surface area contributed by atoms with Gasteiger partial charge in [-0.3, -0.25) is 4.90 Å². The van der Waals surface area contributed by atoms with Crippen molar-refractivity contribution in [3.63, 3.8) is 0 Å². The molecule has 1 heteroatoms. The van der Waals surface area contributed by atoms with Gasteiger partial charge in [0.25, 0.3) is 0 Å². The van der Waals surface area contributed by atoms with Gasteiger partial charge in [-0.2, -0.15) is 0 Å². The van der Waals surface area contributed by atoms with Gasteiger partial charge in [-0.1, -0.05) is 0 Å². The Labute approximate surface area is 57.0 Å². The van der Waals surface area contributed by atoms with Crippen molar-refractivity contribution in [3.8, 4) is 0 Å². The van der Waals surface area contributed by atoms with Gasteiger partial charge in [0.2, 0.25) is 0 Å². The quantitative estimate of drug-likeness (QED) is 0.515. The van der Waals surface area contributed by atoms with Crippen LogP contribution in [-0.2, 0) is 0 Å². The normalized spacial score (nSPS) is 37.7. The van der Waals surface area contributed by atoms with Crippen molar-refractivity contribution in [2.24, 2.45) is 0 Å². The van der Waals surface area contributed by atoms with Gasteiger partial charge in [0.15, 0.2) is 0 Å². The summed E-state index contributed by atoms with van der Waals surface area (Å²) in [6, 6.07) is 1.90. The lowest BCUT2D eigenvalue weighted by molar-refractivity contribution is 0.258. The molecule has 2 fully saturated rings. The van der Waals surface area contributed by atoms with Gasteiger partial charge in [0.1, 0.15) is 0 Å². The lowest BCUT2D eigenvalue weighted by atomic mass is 10.2. The maximum atomic E-state index is 2.68. The molecule has 9 heavy (non-hydrogen) atoms. The van der Waals surface area contributed by atoms with Crippen molar-refractivity contribution in [1.82, 2.24) is 4.90 Å². The zero-order valence-corrected chi connectivity index (χ0v) is 6.14. The maximum Gasteiger partial charge on any atom is 0.00992 e. The van der Waals surface area contributed by atoms with Crippen molar-refractivity contribution in [2.45, 2.75) is 44.7 Å². The molecule has 0 aromatic carbocycles. The summed E-state index contributed by atoms with van der Waals surface area (Å²) in [6.07, 6.45) is 5.84. The van der Waals surface area contributed by atoms with E-state index in [-0.39, 0.29) is 0 Å². The molecule has 0 unspecified atom stereocenters. The molecule has 1 aliphatic heterocycles. The molecule has 0 spiro atoms. The molecule has 1 nitrogen and oxygen atoms in total. The highest BCUT2D eigenvalue weighted by molar-refractivity contribution is 4.90. The van der Waals surface area contributed by atoms with Crippen LogP contribution in [0.15, 0.2) is 0 Å². The summed E-state index contributed by atoms with van der Waals surface area (Å²) >= 11 is 0. The molecule has 0 bridgehead atoms. The van der Waals surface area contributed by atoms with Gasteiger partial charge in [-0.15, -0.1) is 0 Å². The van der Waals surface area contributed by atoms with Gasteiger partial charge in [-0.25, -0.2) is 0 Å². The van der Waals surface area contributed by atoms with E-state index in [2.05, 4.69) is 11.8 Å². The first-order valence-corrected chi connectivity index (χ1v) is 4.13. The summed E-state index contributed by atoms with van der Waals surface area (Å²) in [4.78, 5) is 2.68. The molecular weight excluding hydrogens is 110 g/mol. The minimum atomic E-state index is 0.900. The third-order valence-electron chi connectivity index (χ3n) is 2.62. The van der Waals surface area contributed by atoms with E-state index >= 15 is 0 Å². The molecule has 0 radical (unpaired) electrons. The van der Waals surface area contributed by atoms with Crippen LogP contribution in [0.2, 0.25) is 0 Å². The van der Waals surface area contributed by atoms with Crippen LogP contribution in [0.3, 0.4) is 0 Å².